The van der Waals surface area contributed by atoms with Crippen molar-refractivity contribution in [2.24, 2.45) is 5.73 Å². The van der Waals surface area contributed by atoms with Gasteiger partial charge in [-0.2, -0.15) is 0 Å². The van der Waals surface area contributed by atoms with Gasteiger partial charge in [-0.3, -0.25) is 0 Å². The van der Waals surface area contributed by atoms with E-state index >= 15 is 0 Å². The highest BCUT2D eigenvalue weighted by molar-refractivity contribution is 6.31. The molecule has 1 aromatic carbocycles. The molecule has 3 nitrogen and oxygen atoms in total. The third-order valence-electron chi connectivity index (χ3n) is 2.58. The Labute approximate surface area is 106 Å². The summed E-state index contributed by atoms with van der Waals surface area (Å²) in [5, 5.41) is 0.609. The SMILES string of the molecule is CN(c1ccccc1)c1ccc(Cl)c(CN)n1. The maximum atomic E-state index is 5.99. The third-order valence-corrected chi connectivity index (χ3v) is 2.93. The van der Waals surface area contributed by atoms with Gasteiger partial charge in [-0.15, -0.1) is 0 Å². The van der Waals surface area contributed by atoms with Gasteiger partial charge in [0.25, 0.3) is 0 Å². The van der Waals surface area contributed by atoms with Crippen LogP contribution >= 0.6 is 11.6 Å². The molecule has 0 fully saturated rings. The van der Waals surface area contributed by atoms with Crippen molar-refractivity contribution in [2.75, 3.05) is 11.9 Å². The Morgan fingerprint density at radius 3 is 2.53 bits per heavy atom. The zero-order chi connectivity index (χ0) is 12.3. The second-order valence-corrected chi connectivity index (χ2v) is 4.10. The van der Waals surface area contributed by atoms with Crippen molar-refractivity contribution in [3.63, 3.8) is 0 Å². The van der Waals surface area contributed by atoms with Crippen molar-refractivity contribution >= 4 is 23.1 Å². The third kappa shape index (κ3) is 2.57. The van der Waals surface area contributed by atoms with Gasteiger partial charge in [-0.25, -0.2) is 4.98 Å². The van der Waals surface area contributed by atoms with E-state index in [2.05, 4.69) is 4.98 Å². The van der Waals surface area contributed by atoms with E-state index in [0.717, 1.165) is 11.5 Å². The number of halogens is 1. The summed E-state index contributed by atoms with van der Waals surface area (Å²) in [5.41, 5.74) is 7.38. The summed E-state index contributed by atoms with van der Waals surface area (Å²) < 4.78 is 0. The second-order valence-electron chi connectivity index (χ2n) is 3.70. The normalized spacial score (nSPS) is 10.3. The molecular weight excluding hydrogens is 234 g/mol. The van der Waals surface area contributed by atoms with Crippen molar-refractivity contribution in [3.05, 3.63) is 53.2 Å². The molecule has 0 aliphatic carbocycles. The van der Waals surface area contributed by atoms with Crippen LogP contribution in [0, 0.1) is 0 Å². The van der Waals surface area contributed by atoms with Crippen LogP contribution in [0.2, 0.25) is 5.02 Å². The summed E-state index contributed by atoms with van der Waals surface area (Å²) in [6.45, 7) is 0.343. The van der Waals surface area contributed by atoms with Crippen molar-refractivity contribution in [1.82, 2.24) is 4.98 Å². The van der Waals surface area contributed by atoms with E-state index in [-0.39, 0.29) is 0 Å². The molecule has 0 aliphatic heterocycles. The van der Waals surface area contributed by atoms with E-state index in [0.29, 0.717) is 17.3 Å². The zero-order valence-corrected chi connectivity index (χ0v) is 10.4. The van der Waals surface area contributed by atoms with E-state index in [1.807, 2.05) is 54.4 Å². The summed E-state index contributed by atoms with van der Waals surface area (Å²) >= 11 is 5.99. The molecule has 0 saturated heterocycles. The maximum absolute atomic E-state index is 5.99. The van der Waals surface area contributed by atoms with E-state index in [1.165, 1.54) is 0 Å². The van der Waals surface area contributed by atoms with E-state index in [4.69, 9.17) is 17.3 Å². The Balaban J connectivity index is 2.34. The first-order valence-electron chi connectivity index (χ1n) is 5.36. The zero-order valence-electron chi connectivity index (χ0n) is 9.60. The van der Waals surface area contributed by atoms with Gasteiger partial charge in [0, 0.05) is 19.3 Å². The van der Waals surface area contributed by atoms with Crippen LogP contribution in [0.4, 0.5) is 11.5 Å². The molecule has 1 heterocycles. The lowest BCUT2D eigenvalue weighted by molar-refractivity contribution is 0.974. The number of rotatable bonds is 3. The molecule has 0 aliphatic rings. The molecule has 0 unspecified atom stereocenters. The monoisotopic (exact) mass is 247 g/mol. The minimum Gasteiger partial charge on any atom is -0.329 e. The van der Waals surface area contributed by atoms with Gasteiger partial charge >= 0.3 is 0 Å². The number of aromatic nitrogens is 1. The standard InChI is InChI=1S/C13H14ClN3/c1-17(10-5-3-2-4-6-10)13-8-7-11(14)12(9-15)16-13/h2-8H,9,15H2,1H3. The number of para-hydroxylation sites is 1. The van der Waals surface area contributed by atoms with Crippen LogP contribution in [0.3, 0.4) is 0 Å². The van der Waals surface area contributed by atoms with Gasteiger partial charge in [0.1, 0.15) is 5.82 Å². The molecule has 0 radical (unpaired) electrons. The van der Waals surface area contributed by atoms with Crippen molar-refractivity contribution in [3.8, 4) is 0 Å². The number of benzene rings is 1. The largest absolute Gasteiger partial charge is 0.329 e. The molecule has 0 saturated carbocycles. The summed E-state index contributed by atoms with van der Waals surface area (Å²) in [5.74, 6) is 0.834. The number of hydrogen-bond acceptors (Lipinski definition) is 3. The average molecular weight is 248 g/mol. The van der Waals surface area contributed by atoms with Crippen LogP contribution in [-0.2, 0) is 6.54 Å². The molecule has 2 aromatic rings. The van der Waals surface area contributed by atoms with Crippen LogP contribution in [0.15, 0.2) is 42.5 Å². The molecule has 0 amide bonds. The Morgan fingerprint density at radius 1 is 1.18 bits per heavy atom. The number of anilines is 2. The molecule has 17 heavy (non-hydrogen) atoms. The smallest absolute Gasteiger partial charge is 0.133 e. The lowest BCUT2D eigenvalue weighted by Crippen LogP contribution is -2.12. The van der Waals surface area contributed by atoms with Crippen LogP contribution in [0.1, 0.15) is 5.69 Å². The number of hydrogen-bond donors (Lipinski definition) is 1. The highest BCUT2D eigenvalue weighted by atomic mass is 35.5. The van der Waals surface area contributed by atoms with E-state index in [9.17, 15) is 0 Å². The molecule has 2 rings (SSSR count). The molecule has 0 spiro atoms. The number of nitrogens with two attached hydrogens (primary N) is 1. The summed E-state index contributed by atoms with van der Waals surface area (Å²) in [4.78, 5) is 6.43. The molecular formula is C13H14ClN3. The average Bonchev–Trinajstić information content (AvgIpc) is 2.39. The summed E-state index contributed by atoms with van der Waals surface area (Å²) in [6, 6.07) is 13.7. The highest BCUT2D eigenvalue weighted by Crippen LogP contribution is 2.24. The molecule has 1 aromatic heterocycles. The van der Waals surface area contributed by atoms with Crippen LogP contribution in [0.25, 0.3) is 0 Å². The Kier molecular flexibility index (Phi) is 3.61. The fourth-order valence-corrected chi connectivity index (χ4v) is 1.77. The Bertz CT molecular complexity index is 499. The molecule has 0 bridgehead atoms. The molecule has 88 valence electrons. The molecule has 4 heteroatoms. The van der Waals surface area contributed by atoms with Crippen LogP contribution in [0.5, 0.6) is 0 Å². The van der Waals surface area contributed by atoms with Gasteiger partial charge in [0.2, 0.25) is 0 Å². The first-order valence-corrected chi connectivity index (χ1v) is 5.74. The van der Waals surface area contributed by atoms with Gasteiger partial charge in [0.05, 0.1) is 10.7 Å². The lowest BCUT2D eigenvalue weighted by atomic mass is 10.3. The van der Waals surface area contributed by atoms with Gasteiger partial charge in [-0.1, -0.05) is 29.8 Å². The van der Waals surface area contributed by atoms with Gasteiger partial charge in [0.15, 0.2) is 0 Å². The number of nitrogens with zero attached hydrogens (tertiary/aromatic N) is 2. The first-order chi connectivity index (χ1) is 8.22. The van der Waals surface area contributed by atoms with Gasteiger partial charge in [-0.05, 0) is 24.3 Å². The number of pyridine rings is 1. The predicted octanol–water partition coefficient (Wildman–Crippen LogP) is 2.96. The summed E-state index contributed by atoms with van der Waals surface area (Å²) in [7, 11) is 1.96. The van der Waals surface area contributed by atoms with Crippen LogP contribution in [-0.4, -0.2) is 12.0 Å². The lowest BCUT2D eigenvalue weighted by Gasteiger charge is -2.19. The first kappa shape index (κ1) is 11.9. The minimum absolute atomic E-state index is 0.343. The fraction of sp³-hybridized carbons (Fsp3) is 0.154. The van der Waals surface area contributed by atoms with Crippen molar-refractivity contribution in [1.29, 1.82) is 0 Å². The Morgan fingerprint density at radius 2 is 1.88 bits per heavy atom. The van der Waals surface area contributed by atoms with Gasteiger partial charge < -0.3 is 10.6 Å². The van der Waals surface area contributed by atoms with Crippen LogP contribution < -0.4 is 10.6 Å². The van der Waals surface area contributed by atoms with Crippen molar-refractivity contribution in [2.45, 2.75) is 6.54 Å². The quantitative estimate of drug-likeness (QED) is 0.907. The van der Waals surface area contributed by atoms with E-state index < -0.39 is 0 Å². The molecule has 0 atom stereocenters. The Hall–Kier alpha value is -1.58. The second kappa shape index (κ2) is 5.17. The maximum Gasteiger partial charge on any atom is 0.133 e. The highest BCUT2D eigenvalue weighted by Gasteiger charge is 2.07. The van der Waals surface area contributed by atoms with E-state index in [1.54, 1.807) is 0 Å². The fourth-order valence-electron chi connectivity index (χ4n) is 1.59. The van der Waals surface area contributed by atoms with Crippen molar-refractivity contribution < 1.29 is 0 Å². The molecule has 2 N–H and O–H groups in total. The topological polar surface area (TPSA) is 42.1 Å². The minimum atomic E-state index is 0.343. The predicted molar refractivity (Wildman–Crippen MR) is 71.6 cm³/mol. The summed E-state index contributed by atoms with van der Waals surface area (Å²) in [6.07, 6.45) is 0.